The van der Waals surface area contributed by atoms with Gasteiger partial charge in [-0.2, -0.15) is 0 Å². The van der Waals surface area contributed by atoms with E-state index in [1.54, 1.807) is 6.92 Å². The number of aliphatic carboxylic acids is 1. The van der Waals surface area contributed by atoms with Crippen LogP contribution in [0.3, 0.4) is 0 Å². The van der Waals surface area contributed by atoms with Gasteiger partial charge < -0.3 is 10.2 Å². The fourth-order valence-corrected chi connectivity index (χ4v) is 1.52. The maximum absolute atomic E-state index is 10.6. The first-order valence-corrected chi connectivity index (χ1v) is 4.77. The van der Waals surface area contributed by atoms with Gasteiger partial charge in [0.2, 0.25) is 0 Å². The number of carbonyl (C=O) groups is 1. The average Bonchev–Trinajstić information content (AvgIpc) is 2.00. The second kappa shape index (κ2) is 5.22. The molecule has 0 aromatic heterocycles. The lowest BCUT2D eigenvalue weighted by atomic mass is 9.87. The molecule has 0 fully saturated rings. The Morgan fingerprint density at radius 2 is 1.69 bits per heavy atom. The van der Waals surface area contributed by atoms with E-state index in [0.29, 0.717) is 5.92 Å². The minimum Gasteiger partial charge on any atom is -0.481 e. The Bertz CT molecular complexity index is 166. The van der Waals surface area contributed by atoms with E-state index in [-0.39, 0.29) is 5.92 Å². The highest BCUT2D eigenvalue weighted by Gasteiger charge is 2.26. The topological polar surface area (TPSA) is 57.5 Å². The molecule has 0 saturated carbocycles. The Labute approximate surface area is 79.8 Å². The van der Waals surface area contributed by atoms with Crippen molar-refractivity contribution in [2.45, 2.75) is 40.2 Å². The van der Waals surface area contributed by atoms with E-state index < -0.39 is 18.0 Å². The van der Waals surface area contributed by atoms with Crippen molar-refractivity contribution in [3.05, 3.63) is 0 Å². The standard InChI is InChI=1S/C10H20O3/c1-6(2)5-7(3)9(11)8(4)10(12)13/h6-9,11H,5H2,1-4H3,(H,12,13)/t7-,8+,9-/m1/s1. The summed E-state index contributed by atoms with van der Waals surface area (Å²) in [5, 5.41) is 18.3. The lowest BCUT2D eigenvalue weighted by Crippen LogP contribution is -2.31. The fraction of sp³-hybridized carbons (Fsp3) is 0.900. The third-order valence-electron chi connectivity index (χ3n) is 2.33. The maximum atomic E-state index is 10.6. The predicted octanol–water partition coefficient (Wildman–Crippen LogP) is 1.75. The van der Waals surface area contributed by atoms with Crippen molar-refractivity contribution in [1.29, 1.82) is 0 Å². The van der Waals surface area contributed by atoms with E-state index in [4.69, 9.17) is 5.11 Å². The van der Waals surface area contributed by atoms with Gasteiger partial charge in [0.1, 0.15) is 0 Å². The molecule has 0 rings (SSSR count). The van der Waals surface area contributed by atoms with Gasteiger partial charge >= 0.3 is 5.97 Å². The normalized spacial score (nSPS) is 18.3. The zero-order valence-corrected chi connectivity index (χ0v) is 8.82. The molecule has 0 aromatic rings. The second-order valence-electron chi connectivity index (χ2n) is 4.22. The molecule has 78 valence electrons. The van der Waals surface area contributed by atoms with Crippen LogP contribution in [0.15, 0.2) is 0 Å². The number of aliphatic hydroxyl groups excluding tert-OH is 1. The van der Waals surface area contributed by atoms with E-state index in [1.165, 1.54) is 0 Å². The van der Waals surface area contributed by atoms with Crippen molar-refractivity contribution in [3.63, 3.8) is 0 Å². The van der Waals surface area contributed by atoms with Gasteiger partial charge in [-0.15, -0.1) is 0 Å². The average molecular weight is 188 g/mol. The summed E-state index contributed by atoms with van der Waals surface area (Å²) in [6, 6.07) is 0. The molecule has 3 atom stereocenters. The number of carboxylic acids is 1. The van der Waals surface area contributed by atoms with Crippen LogP contribution in [0.1, 0.15) is 34.1 Å². The van der Waals surface area contributed by atoms with Crippen molar-refractivity contribution in [2.75, 3.05) is 0 Å². The highest BCUT2D eigenvalue weighted by Crippen LogP contribution is 2.20. The molecule has 0 aromatic carbocycles. The Morgan fingerprint density at radius 3 is 2.00 bits per heavy atom. The summed E-state index contributed by atoms with van der Waals surface area (Å²) in [7, 11) is 0. The summed E-state index contributed by atoms with van der Waals surface area (Å²) in [6.45, 7) is 7.57. The van der Waals surface area contributed by atoms with Gasteiger partial charge in [-0.3, -0.25) is 4.79 Å². The Hall–Kier alpha value is -0.570. The smallest absolute Gasteiger partial charge is 0.308 e. The van der Waals surface area contributed by atoms with E-state index in [0.717, 1.165) is 6.42 Å². The van der Waals surface area contributed by atoms with Gasteiger partial charge in [0.25, 0.3) is 0 Å². The van der Waals surface area contributed by atoms with Crippen molar-refractivity contribution < 1.29 is 15.0 Å². The second-order valence-corrected chi connectivity index (χ2v) is 4.22. The van der Waals surface area contributed by atoms with Crippen LogP contribution in [0.2, 0.25) is 0 Å². The molecule has 13 heavy (non-hydrogen) atoms. The minimum absolute atomic E-state index is 0.0473. The fourth-order valence-electron chi connectivity index (χ4n) is 1.52. The van der Waals surface area contributed by atoms with Gasteiger partial charge in [-0.1, -0.05) is 20.8 Å². The zero-order chi connectivity index (χ0) is 10.6. The monoisotopic (exact) mass is 188 g/mol. The summed E-state index contributed by atoms with van der Waals surface area (Å²) in [6.07, 6.45) is 0.124. The summed E-state index contributed by atoms with van der Waals surface area (Å²) in [5.41, 5.74) is 0. The van der Waals surface area contributed by atoms with Crippen LogP contribution in [-0.4, -0.2) is 22.3 Å². The molecular formula is C10H20O3. The molecular weight excluding hydrogens is 168 g/mol. The molecule has 0 spiro atoms. The molecule has 0 saturated heterocycles. The van der Waals surface area contributed by atoms with E-state index in [2.05, 4.69) is 13.8 Å². The maximum Gasteiger partial charge on any atom is 0.308 e. The first kappa shape index (κ1) is 12.4. The van der Waals surface area contributed by atoms with Crippen molar-refractivity contribution in [1.82, 2.24) is 0 Å². The van der Waals surface area contributed by atoms with Crippen LogP contribution in [0, 0.1) is 17.8 Å². The third-order valence-corrected chi connectivity index (χ3v) is 2.33. The lowest BCUT2D eigenvalue weighted by Gasteiger charge is -2.23. The predicted molar refractivity (Wildman–Crippen MR) is 51.4 cm³/mol. The van der Waals surface area contributed by atoms with Gasteiger partial charge in [-0.05, 0) is 25.2 Å². The van der Waals surface area contributed by atoms with Crippen LogP contribution in [0.5, 0.6) is 0 Å². The number of carboxylic acid groups (broad SMARTS) is 1. The molecule has 0 amide bonds. The molecule has 2 N–H and O–H groups in total. The minimum atomic E-state index is -0.928. The molecule has 0 bridgehead atoms. The molecule has 0 aliphatic rings. The lowest BCUT2D eigenvalue weighted by molar-refractivity contribution is -0.146. The largest absolute Gasteiger partial charge is 0.481 e. The van der Waals surface area contributed by atoms with Crippen LogP contribution in [0.4, 0.5) is 0 Å². The molecule has 0 radical (unpaired) electrons. The summed E-state index contributed by atoms with van der Waals surface area (Å²) < 4.78 is 0. The van der Waals surface area contributed by atoms with Crippen LogP contribution >= 0.6 is 0 Å². The highest BCUT2D eigenvalue weighted by atomic mass is 16.4. The first-order valence-electron chi connectivity index (χ1n) is 4.77. The van der Waals surface area contributed by atoms with Crippen molar-refractivity contribution in [2.24, 2.45) is 17.8 Å². The van der Waals surface area contributed by atoms with Crippen molar-refractivity contribution >= 4 is 5.97 Å². The van der Waals surface area contributed by atoms with E-state index in [1.807, 2.05) is 6.92 Å². The molecule has 3 heteroatoms. The zero-order valence-electron chi connectivity index (χ0n) is 8.82. The van der Waals surface area contributed by atoms with Crippen LogP contribution in [-0.2, 0) is 4.79 Å². The van der Waals surface area contributed by atoms with E-state index >= 15 is 0 Å². The van der Waals surface area contributed by atoms with Crippen LogP contribution < -0.4 is 0 Å². The summed E-state index contributed by atoms with van der Waals surface area (Å²) in [5.74, 6) is -1.06. The quantitative estimate of drug-likeness (QED) is 0.691. The molecule has 3 nitrogen and oxygen atoms in total. The van der Waals surface area contributed by atoms with Gasteiger partial charge in [0, 0.05) is 0 Å². The van der Waals surface area contributed by atoms with Gasteiger partial charge in [0.15, 0.2) is 0 Å². The third kappa shape index (κ3) is 4.27. The number of aliphatic hydroxyl groups is 1. The van der Waals surface area contributed by atoms with Crippen molar-refractivity contribution in [3.8, 4) is 0 Å². The molecule has 0 aliphatic heterocycles. The molecule has 0 unspecified atom stereocenters. The van der Waals surface area contributed by atoms with E-state index in [9.17, 15) is 9.90 Å². The number of hydrogen-bond donors (Lipinski definition) is 2. The summed E-state index contributed by atoms with van der Waals surface area (Å²) in [4.78, 5) is 10.6. The highest BCUT2D eigenvalue weighted by molar-refractivity contribution is 5.70. The number of rotatable bonds is 5. The van der Waals surface area contributed by atoms with Gasteiger partial charge in [0.05, 0.1) is 12.0 Å². The summed E-state index contributed by atoms with van der Waals surface area (Å²) >= 11 is 0. The molecule has 0 heterocycles. The Balaban J connectivity index is 4.08. The Kier molecular flexibility index (Phi) is 4.99. The Morgan fingerprint density at radius 1 is 1.23 bits per heavy atom. The number of hydrogen-bond acceptors (Lipinski definition) is 2. The van der Waals surface area contributed by atoms with Crippen LogP contribution in [0.25, 0.3) is 0 Å². The molecule has 0 aliphatic carbocycles. The van der Waals surface area contributed by atoms with Gasteiger partial charge in [-0.25, -0.2) is 0 Å². The first-order chi connectivity index (χ1) is 5.86. The SMILES string of the molecule is CC(C)C[C@@H](C)[C@@H](O)[C@H](C)C(=O)O.